The zero-order valence-electron chi connectivity index (χ0n) is 21.8. The fourth-order valence-electron chi connectivity index (χ4n) is 5.53. The third-order valence-electron chi connectivity index (χ3n) is 7.60. The average molecular weight is 521 g/mol. The minimum Gasteiger partial charge on any atom is -0.391 e. The van der Waals surface area contributed by atoms with Crippen molar-refractivity contribution in [2.75, 3.05) is 6.54 Å². The summed E-state index contributed by atoms with van der Waals surface area (Å²) < 4.78 is 1.58. The summed E-state index contributed by atoms with van der Waals surface area (Å²) in [6.07, 6.45) is 1.86. The highest BCUT2D eigenvalue weighted by molar-refractivity contribution is 7.13. The molecule has 1 N–H and O–H groups in total. The maximum Gasteiger partial charge on any atom is 0.256 e. The highest BCUT2D eigenvalue weighted by atomic mass is 32.1. The van der Waals surface area contributed by atoms with Gasteiger partial charge < -0.3 is 10.0 Å². The van der Waals surface area contributed by atoms with Gasteiger partial charge in [-0.05, 0) is 30.9 Å². The van der Waals surface area contributed by atoms with Crippen LogP contribution in [0.15, 0.2) is 41.0 Å². The molecule has 9 nitrogen and oxygen atoms in total. The monoisotopic (exact) mass is 520 g/mol. The van der Waals surface area contributed by atoms with E-state index in [1.165, 1.54) is 0 Å². The topological polar surface area (TPSA) is 114 Å². The number of aliphatic hydroxyl groups excluding tert-OH is 1. The fraction of sp³-hybridized carbons (Fsp3) is 0.481. The van der Waals surface area contributed by atoms with Gasteiger partial charge in [0, 0.05) is 38.3 Å². The summed E-state index contributed by atoms with van der Waals surface area (Å²) >= 11 is 1.59. The van der Waals surface area contributed by atoms with E-state index < -0.39 is 23.5 Å². The number of likely N-dealkylation sites (tertiary alicyclic amines) is 1. The maximum atomic E-state index is 13.8. The number of aromatic nitrogens is 4. The molecule has 0 spiro atoms. The molecule has 10 heteroatoms. The van der Waals surface area contributed by atoms with E-state index in [0.29, 0.717) is 24.2 Å². The van der Waals surface area contributed by atoms with E-state index in [1.807, 2.05) is 57.5 Å². The van der Waals surface area contributed by atoms with Crippen LogP contribution >= 0.6 is 11.3 Å². The number of β-amino-alcohol motifs (C(OH)–C–C–N with tert-alkyl or cyclic N) is 1. The number of carbonyl (C=O) groups is 2. The molecule has 37 heavy (non-hydrogen) atoms. The van der Waals surface area contributed by atoms with Crippen LogP contribution in [0.3, 0.4) is 0 Å². The number of rotatable bonds is 6. The van der Waals surface area contributed by atoms with Crippen LogP contribution in [0.2, 0.25) is 0 Å². The molecule has 0 bridgehead atoms. The predicted molar refractivity (Wildman–Crippen MR) is 141 cm³/mol. The second-order valence-corrected chi connectivity index (χ2v) is 11.6. The Balaban J connectivity index is 1.39. The van der Waals surface area contributed by atoms with E-state index in [2.05, 4.69) is 20.3 Å². The molecular weight excluding hydrogens is 488 g/mol. The van der Waals surface area contributed by atoms with Gasteiger partial charge >= 0.3 is 0 Å². The molecule has 2 amide bonds. The summed E-state index contributed by atoms with van der Waals surface area (Å²) in [7, 11) is 1.77. The quantitative estimate of drug-likeness (QED) is 0.534. The number of nitrogens with zero attached hydrogens (tertiary/aromatic N) is 6. The number of aliphatic imine (C=N–C) groups is 1. The number of aryl methyl sites for hydroxylation is 2. The molecule has 194 valence electrons. The lowest BCUT2D eigenvalue weighted by Gasteiger charge is -2.30. The average Bonchev–Trinajstić information content (AvgIpc) is 3.62. The zero-order chi connectivity index (χ0) is 26.5. The first-order chi connectivity index (χ1) is 17.6. The Morgan fingerprint density at radius 2 is 1.97 bits per heavy atom. The van der Waals surface area contributed by atoms with E-state index >= 15 is 0 Å². The molecule has 2 aliphatic rings. The number of hydrogen-bond donors (Lipinski definition) is 1. The van der Waals surface area contributed by atoms with Crippen molar-refractivity contribution in [2.45, 2.75) is 64.0 Å². The number of aliphatic hydroxyl groups is 1. The van der Waals surface area contributed by atoms with Gasteiger partial charge in [0.05, 0.1) is 45.3 Å². The van der Waals surface area contributed by atoms with Gasteiger partial charge in [0.1, 0.15) is 0 Å². The van der Waals surface area contributed by atoms with E-state index in [9.17, 15) is 14.7 Å². The van der Waals surface area contributed by atoms with E-state index in [0.717, 1.165) is 21.7 Å². The van der Waals surface area contributed by atoms with Gasteiger partial charge in [-0.2, -0.15) is 0 Å². The molecule has 1 aromatic carbocycles. The van der Waals surface area contributed by atoms with Crippen molar-refractivity contribution >= 4 is 28.9 Å². The van der Waals surface area contributed by atoms with Crippen molar-refractivity contribution in [3.05, 3.63) is 52.9 Å². The van der Waals surface area contributed by atoms with Crippen molar-refractivity contribution in [3.63, 3.8) is 0 Å². The second-order valence-electron chi connectivity index (χ2n) is 10.7. The van der Waals surface area contributed by atoms with Crippen LogP contribution in [0.4, 0.5) is 0 Å². The van der Waals surface area contributed by atoms with Crippen molar-refractivity contribution in [1.82, 2.24) is 24.9 Å². The third-order valence-corrected chi connectivity index (χ3v) is 8.58. The summed E-state index contributed by atoms with van der Waals surface area (Å²) in [5.41, 5.74) is 5.21. The SMILES string of the molecule is Cc1ncsc1-c1ccc([C@]2(C)CC(C3C[C@@H](O)CN3C(=O)[C@H](c3cn(C)nn3)C(C)C)=NC2=O)cc1. The smallest absolute Gasteiger partial charge is 0.256 e. The molecule has 3 aromatic rings. The minimum absolute atomic E-state index is 0.0132. The Labute approximate surface area is 220 Å². The van der Waals surface area contributed by atoms with Gasteiger partial charge in [-0.3, -0.25) is 14.3 Å². The van der Waals surface area contributed by atoms with Gasteiger partial charge in [0.25, 0.3) is 5.91 Å². The largest absolute Gasteiger partial charge is 0.391 e. The van der Waals surface area contributed by atoms with Crippen molar-refractivity contribution in [1.29, 1.82) is 0 Å². The minimum atomic E-state index is -0.818. The lowest BCUT2D eigenvalue weighted by atomic mass is 9.78. The first-order valence-corrected chi connectivity index (χ1v) is 13.4. The van der Waals surface area contributed by atoms with E-state index in [4.69, 9.17) is 0 Å². The molecule has 1 fully saturated rings. The lowest BCUT2D eigenvalue weighted by Crippen LogP contribution is -2.44. The van der Waals surface area contributed by atoms with Crippen LogP contribution in [0.5, 0.6) is 0 Å². The molecule has 1 unspecified atom stereocenters. The van der Waals surface area contributed by atoms with Crippen molar-refractivity contribution in [3.8, 4) is 10.4 Å². The van der Waals surface area contributed by atoms with Crippen LogP contribution < -0.4 is 0 Å². The Bertz CT molecular complexity index is 1360. The van der Waals surface area contributed by atoms with E-state index in [-0.39, 0.29) is 24.3 Å². The normalized spacial score (nSPS) is 24.7. The zero-order valence-corrected chi connectivity index (χ0v) is 22.6. The van der Waals surface area contributed by atoms with Crippen LogP contribution in [-0.4, -0.2) is 66.2 Å². The number of thiazole rings is 1. The highest BCUT2D eigenvalue weighted by Crippen LogP contribution is 2.39. The number of carbonyl (C=O) groups excluding carboxylic acids is 2. The summed E-state index contributed by atoms with van der Waals surface area (Å²) in [5, 5.41) is 18.8. The fourth-order valence-corrected chi connectivity index (χ4v) is 6.34. The Hall–Kier alpha value is -3.24. The van der Waals surface area contributed by atoms with E-state index in [1.54, 1.807) is 34.2 Å². The Kier molecular flexibility index (Phi) is 6.57. The summed E-state index contributed by atoms with van der Waals surface area (Å²) in [6, 6.07) is 7.59. The van der Waals surface area contributed by atoms with Gasteiger partial charge in [-0.25, -0.2) is 9.98 Å². The third kappa shape index (κ3) is 4.53. The standard InChI is InChI=1S/C27H32N6O3S/c1-15(2)23(21-13-32(5)31-30-21)25(35)33-12-19(34)10-22(33)20-11-27(4,26(36)29-20)18-8-6-17(7-9-18)24-16(3)28-14-37-24/h6-9,13-15,19,22-23,34H,10-12H2,1-5H3/t19-,22?,23+,27+/m1/s1. The second kappa shape index (κ2) is 9.57. The Morgan fingerprint density at radius 3 is 2.57 bits per heavy atom. The first-order valence-electron chi connectivity index (χ1n) is 12.6. The molecule has 4 atom stereocenters. The van der Waals surface area contributed by atoms with Crippen LogP contribution in [0, 0.1) is 12.8 Å². The summed E-state index contributed by atoms with van der Waals surface area (Å²) in [4.78, 5) is 38.7. The van der Waals surface area contributed by atoms with Gasteiger partial charge in [0.15, 0.2) is 0 Å². The van der Waals surface area contributed by atoms with Gasteiger partial charge in [-0.15, -0.1) is 16.4 Å². The molecule has 0 aliphatic carbocycles. The van der Waals surface area contributed by atoms with Crippen molar-refractivity contribution in [2.24, 2.45) is 18.0 Å². The molecule has 5 rings (SSSR count). The molecule has 0 radical (unpaired) electrons. The molecule has 2 aromatic heterocycles. The maximum absolute atomic E-state index is 13.8. The van der Waals surface area contributed by atoms with Crippen LogP contribution in [0.25, 0.3) is 10.4 Å². The predicted octanol–water partition coefficient (Wildman–Crippen LogP) is 3.28. The van der Waals surface area contributed by atoms with Gasteiger partial charge in [0.2, 0.25) is 5.91 Å². The summed E-state index contributed by atoms with van der Waals surface area (Å²) in [6.45, 7) is 8.05. The Morgan fingerprint density at radius 1 is 1.24 bits per heavy atom. The van der Waals surface area contributed by atoms with Crippen molar-refractivity contribution < 1.29 is 14.7 Å². The molecule has 1 saturated heterocycles. The summed E-state index contributed by atoms with van der Waals surface area (Å²) in [5.74, 6) is -0.841. The van der Waals surface area contributed by atoms with Crippen LogP contribution in [-0.2, 0) is 22.1 Å². The number of benzene rings is 1. The first kappa shape index (κ1) is 25.4. The molecule has 0 saturated carbocycles. The highest BCUT2D eigenvalue weighted by Gasteiger charge is 2.48. The molecular formula is C27H32N6O3S. The van der Waals surface area contributed by atoms with Crippen LogP contribution in [0.1, 0.15) is 56.5 Å². The number of amides is 2. The molecule has 4 heterocycles. The number of hydrogen-bond acceptors (Lipinski definition) is 7. The molecule has 2 aliphatic heterocycles. The van der Waals surface area contributed by atoms with Gasteiger partial charge in [-0.1, -0.05) is 43.3 Å². The lowest BCUT2D eigenvalue weighted by molar-refractivity contribution is -0.134.